The van der Waals surface area contributed by atoms with Crippen molar-refractivity contribution >= 4 is 29.1 Å². The van der Waals surface area contributed by atoms with E-state index in [0.29, 0.717) is 0 Å². The van der Waals surface area contributed by atoms with E-state index in [0.717, 1.165) is 30.2 Å². The number of hydrogen-bond acceptors (Lipinski definition) is 4. The van der Waals surface area contributed by atoms with Gasteiger partial charge in [-0.25, -0.2) is 4.98 Å². The van der Waals surface area contributed by atoms with Gasteiger partial charge < -0.3 is 9.67 Å². The Labute approximate surface area is 126 Å². The van der Waals surface area contributed by atoms with Gasteiger partial charge in [-0.1, -0.05) is 25.6 Å². The second-order valence-electron chi connectivity index (χ2n) is 4.38. The van der Waals surface area contributed by atoms with Crippen LogP contribution in [0.4, 0.5) is 0 Å². The number of aromatic nitrogens is 2. The highest BCUT2D eigenvalue weighted by molar-refractivity contribution is 7.99. The van der Waals surface area contributed by atoms with E-state index >= 15 is 0 Å². The highest BCUT2D eigenvalue weighted by Crippen LogP contribution is 2.24. The van der Waals surface area contributed by atoms with Gasteiger partial charge in [-0.15, -0.1) is 11.3 Å². The molecule has 108 valence electrons. The van der Waals surface area contributed by atoms with Gasteiger partial charge in [0.25, 0.3) is 0 Å². The maximum Gasteiger partial charge on any atom is 0.313 e. The number of thioether (sulfide) groups is 1. The SMILES string of the molecule is CCc1ccsc1Cn1c(CC)cnc1SCC(=O)O. The first-order chi connectivity index (χ1) is 9.65. The highest BCUT2D eigenvalue weighted by atomic mass is 32.2. The molecule has 0 radical (unpaired) electrons. The summed E-state index contributed by atoms with van der Waals surface area (Å²) in [6.45, 7) is 5.03. The van der Waals surface area contributed by atoms with Crippen molar-refractivity contribution in [3.8, 4) is 0 Å². The Hall–Kier alpha value is -1.27. The van der Waals surface area contributed by atoms with Gasteiger partial charge in [-0.2, -0.15) is 0 Å². The van der Waals surface area contributed by atoms with Gasteiger partial charge in [0.15, 0.2) is 5.16 Å². The van der Waals surface area contributed by atoms with Crippen molar-refractivity contribution in [2.75, 3.05) is 5.75 Å². The van der Waals surface area contributed by atoms with E-state index in [1.54, 1.807) is 11.3 Å². The molecule has 0 atom stereocenters. The van der Waals surface area contributed by atoms with Crippen molar-refractivity contribution in [3.63, 3.8) is 0 Å². The van der Waals surface area contributed by atoms with E-state index in [4.69, 9.17) is 5.11 Å². The lowest BCUT2D eigenvalue weighted by atomic mass is 10.2. The Morgan fingerprint density at radius 3 is 2.90 bits per heavy atom. The number of hydrogen-bond donors (Lipinski definition) is 1. The molecule has 2 rings (SSSR count). The number of rotatable bonds is 7. The molecule has 4 nitrogen and oxygen atoms in total. The predicted molar refractivity (Wildman–Crippen MR) is 82.8 cm³/mol. The molecule has 1 N–H and O–H groups in total. The van der Waals surface area contributed by atoms with E-state index in [-0.39, 0.29) is 5.75 Å². The number of carboxylic acid groups (broad SMARTS) is 1. The molecule has 0 fully saturated rings. The summed E-state index contributed by atoms with van der Waals surface area (Å²) < 4.78 is 2.14. The van der Waals surface area contributed by atoms with Gasteiger partial charge >= 0.3 is 5.97 Å². The van der Waals surface area contributed by atoms with Crippen LogP contribution in [0.3, 0.4) is 0 Å². The van der Waals surface area contributed by atoms with Gasteiger partial charge in [-0.3, -0.25) is 4.79 Å². The first-order valence-corrected chi connectivity index (χ1v) is 8.46. The van der Waals surface area contributed by atoms with Crippen molar-refractivity contribution < 1.29 is 9.90 Å². The summed E-state index contributed by atoms with van der Waals surface area (Å²) in [5.41, 5.74) is 2.51. The standard InChI is InChI=1S/C14H18N2O2S2/c1-3-10-5-6-19-12(10)8-16-11(4-2)7-15-14(16)20-9-13(17)18/h5-7H,3-4,8-9H2,1-2H3,(H,17,18). The molecule has 2 aromatic heterocycles. The molecule has 6 heteroatoms. The number of aryl methyl sites for hydroxylation is 2. The average molecular weight is 310 g/mol. The fourth-order valence-corrected chi connectivity index (χ4v) is 3.73. The summed E-state index contributed by atoms with van der Waals surface area (Å²) in [5.74, 6) is -0.765. The zero-order chi connectivity index (χ0) is 14.5. The Bertz CT molecular complexity index is 590. The normalized spacial score (nSPS) is 10.9. The molecule has 0 saturated carbocycles. The van der Waals surface area contributed by atoms with Gasteiger partial charge in [0.1, 0.15) is 0 Å². The lowest BCUT2D eigenvalue weighted by Crippen LogP contribution is -2.07. The van der Waals surface area contributed by atoms with Crippen molar-refractivity contribution in [2.24, 2.45) is 0 Å². The smallest absolute Gasteiger partial charge is 0.313 e. The van der Waals surface area contributed by atoms with E-state index in [9.17, 15) is 4.79 Å². The third-order valence-electron chi connectivity index (χ3n) is 3.11. The van der Waals surface area contributed by atoms with E-state index in [2.05, 4.69) is 34.8 Å². The number of thiophene rings is 1. The molecule has 2 heterocycles. The van der Waals surface area contributed by atoms with Gasteiger partial charge in [0.05, 0.1) is 12.3 Å². The Morgan fingerprint density at radius 1 is 1.45 bits per heavy atom. The molecule has 0 spiro atoms. The summed E-state index contributed by atoms with van der Waals surface area (Å²) in [6.07, 6.45) is 3.77. The second-order valence-corrected chi connectivity index (χ2v) is 6.32. The Morgan fingerprint density at radius 2 is 2.25 bits per heavy atom. The number of carboxylic acids is 1. The van der Waals surface area contributed by atoms with Crippen LogP contribution in [0.25, 0.3) is 0 Å². The molecule has 2 aromatic rings. The molecule has 0 amide bonds. The topological polar surface area (TPSA) is 55.1 Å². The van der Waals surface area contributed by atoms with Crippen LogP contribution in [0, 0.1) is 0 Å². The summed E-state index contributed by atoms with van der Waals surface area (Å²) in [6, 6.07) is 2.16. The third kappa shape index (κ3) is 3.43. The van der Waals surface area contributed by atoms with Crippen LogP contribution in [-0.2, 0) is 24.2 Å². The molecule has 0 saturated heterocycles. The summed E-state index contributed by atoms with van der Waals surface area (Å²) >= 11 is 3.03. The molecular formula is C14H18N2O2S2. The maximum absolute atomic E-state index is 10.7. The minimum absolute atomic E-state index is 0.0469. The fraction of sp³-hybridized carbons (Fsp3) is 0.429. The minimum Gasteiger partial charge on any atom is -0.481 e. The molecule has 0 aromatic carbocycles. The monoisotopic (exact) mass is 310 g/mol. The first kappa shape index (κ1) is 15.1. The second kappa shape index (κ2) is 6.95. The molecule has 0 bridgehead atoms. The van der Waals surface area contributed by atoms with Gasteiger partial charge in [0, 0.05) is 16.8 Å². The summed E-state index contributed by atoms with van der Waals surface area (Å²) in [7, 11) is 0. The molecular weight excluding hydrogens is 292 g/mol. The number of aliphatic carboxylic acids is 1. The van der Waals surface area contributed by atoms with Crippen LogP contribution in [0.5, 0.6) is 0 Å². The molecule has 0 aliphatic rings. The van der Waals surface area contributed by atoms with Crippen LogP contribution in [0.2, 0.25) is 0 Å². The lowest BCUT2D eigenvalue weighted by molar-refractivity contribution is -0.133. The minimum atomic E-state index is -0.812. The van der Waals surface area contributed by atoms with E-state index in [1.807, 2.05) is 6.20 Å². The van der Waals surface area contributed by atoms with Gasteiger partial charge in [-0.05, 0) is 29.9 Å². The van der Waals surface area contributed by atoms with Crippen molar-refractivity contribution in [3.05, 3.63) is 33.8 Å². The van der Waals surface area contributed by atoms with Gasteiger partial charge in [0.2, 0.25) is 0 Å². The predicted octanol–water partition coefficient (Wildman–Crippen LogP) is 3.29. The summed E-state index contributed by atoms with van der Waals surface area (Å²) in [4.78, 5) is 16.4. The van der Waals surface area contributed by atoms with Crippen molar-refractivity contribution in [1.82, 2.24) is 9.55 Å². The van der Waals surface area contributed by atoms with E-state index < -0.39 is 5.97 Å². The molecule has 20 heavy (non-hydrogen) atoms. The highest BCUT2D eigenvalue weighted by Gasteiger charge is 2.13. The average Bonchev–Trinajstić information content (AvgIpc) is 3.03. The van der Waals surface area contributed by atoms with Crippen LogP contribution in [0.1, 0.15) is 30.0 Å². The number of nitrogens with zero attached hydrogens (tertiary/aromatic N) is 2. The van der Waals surface area contributed by atoms with Crippen LogP contribution < -0.4 is 0 Å². The Kier molecular flexibility index (Phi) is 5.25. The zero-order valence-electron chi connectivity index (χ0n) is 11.6. The fourth-order valence-electron chi connectivity index (χ4n) is 2.05. The van der Waals surface area contributed by atoms with Crippen LogP contribution >= 0.6 is 23.1 Å². The Balaban J connectivity index is 2.24. The summed E-state index contributed by atoms with van der Waals surface area (Å²) in [5, 5.41) is 11.7. The molecule has 0 aliphatic heterocycles. The maximum atomic E-state index is 10.7. The quantitative estimate of drug-likeness (QED) is 0.797. The van der Waals surface area contributed by atoms with E-state index in [1.165, 1.54) is 22.2 Å². The molecule has 0 aliphatic carbocycles. The molecule has 0 unspecified atom stereocenters. The van der Waals surface area contributed by atoms with Crippen molar-refractivity contribution in [1.29, 1.82) is 0 Å². The largest absolute Gasteiger partial charge is 0.481 e. The zero-order valence-corrected chi connectivity index (χ0v) is 13.3. The van der Waals surface area contributed by atoms with Crippen LogP contribution in [0.15, 0.2) is 22.8 Å². The number of imidazole rings is 1. The van der Waals surface area contributed by atoms with Crippen molar-refractivity contribution in [2.45, 2.75) is 38.4 Å². The lowest BCUT2D eigenvalue weighted by Gasteiger charge is -2.10. The first-order valence-electron chi connectivity index (χ1n) is 6.59. The third-order valence-corrected chi connectivity index (χ3v) is 5.03. The number of carbonyl (C=O) groups is 1. The van der Waals surface area contributed by atoms with Crippen LogP contribution in [-0.4, -0.2) is 26.4 Å².